The number of guanidine groups is 1. The van der Waals surface area contributed by atoms with Gasteiger partial charge in [-0.3, -0.25) is 4.99 Å². The molecule has 0 spiro atoms. The van der Waals surface area contributed by atoms with Crippen molar-refractivity contribution in [3.8, 4) is 0 Å². The standard InChI is InChI=1S/C20H29ClN4O.HI/c1-6-20(7-2,16-8-10-17(21)11-9-16)13-24-19(22-5)23-12-18-25-14(3)15(4)26-18;/h8-11H,6-7,12-13H2,1-5H3,(H2,22,23,24);1H. The zero-order valence-corrected chi connectivity index (χ0v) is 19.8. The number of aromatic nitrogens is 1. The lowest BCUT2D eigenvalue weighted by Crippen LogP contribution is -2.45. The molecule has 5 nitrogen and oxygen atoms in total. The number of aryl methyl sites for hydroxylation is 2. The summed E-state index contributed by atoms with van der Waals surface area (Å²) in [6.07, 6.45) is 2.04. The number of nitrogens with one attached hydrogen (secondary N) is 2. The van der Waals surface area contributed by atoms with E-state index in [1.165, 1.54) is 5.56 Å². The Kier molecular flexibility index (Phi) is 9.59. The van der Waals surface area contributed by atoms with Crippen molar-refractivity contribution in [2.24, 2.45) is 4.99 Å². The minimum absolute atomic E-state index is 0. The van der Waals surface area contributed by atoms with Gasteiger partial charge in [0.1, 0.15) is 5.76 Å². The minimum atomic E-state index is 0. The average Bonchev–Trinajstić information content (AvgIpc) is 2.97. The molecule has 0 radical (unpaired) electrons. The summed E-state index contributed by atoms with van der Waals surface area (Å²) < 4.78 is 5.61. The van der Waals surface area contributed by atoms with Gasteiger partial charge in [0.15, 0.2) is 5.96 Å². The molecule has 0 saturated heterocycles. The Hall–Kier alpha value is -1.28. The second-order valence-electron chi connectivity index (χ2n) is 6.52. The second-order valence-corrected chi connectivity index (χ2v) is 6.96. The molecule has 0 aliphatic rings. The SMILES string of the molecule is CCC(CC)(CNC(=NC)NCc1nc(C)c(C)o1)c1ccc(Cl)cc1.I. The van der Waals surface area contributed by atoms with Crippen molar-refractivity contribution in [3.63, 3.8) is 0 Å². The molecule has 27 heavy (non-hydrogen) atoms. The Bertz CT molecular complexity index is 719. The van der Waals surface area contributed by atoms with Gasteiger partial charge in [-0.25, -0.2) is 4.98 Å². The van der Waals surface area contributed by atoms with Gasteiger partial charge in [-0.15, -0.1) is 24.0 Å². The normalized spacial score (nSPS) is 11.9. The molecule has 2 rings (SSSR count). The van der Waals surface area contributed by atoms with Crippen LogP contribution in [-0.4, -0.2) is 24.5 Å². The van der Waals surface area contributed by atoms with Crippen LogP contribution < -0.4 is 10.6 Å². The van der Waals surface area contributed by atoms with Gasteiger partial charge in [0.25, 0.3) is 0 Å². The van der Waals surface area contributed by atoms with Gasteiger partial charge in [-0.05, 0) is 44.4 Å². The summed E-state index contributed by atoms with van der Waals surface area (Å²) in [5, 5.41) is 7.48. The molecule has 1 aromatic heterocycles. The van der Waals surface area contributed by atoms with E-state index < -0.39 is 0 Å². The molecule has 1 heterocycles. The topological polar surface area (TPSA) is 62.5 Å². The fourth-order valence-electron chi connectivity index (χ4n) is 3.06. The van der Waals surface area contributed by atoms with Crippen LogP contribution in [0.4, 0.5) is 0 Å². The van der Waals surface area contributed by atoms with E-state index in [4.69, 9.17) is 16.0 Å². The molecule has 0 fully saturated rings. The second kappa shape index (κ2) is 10.9. The van der Waals surface area contributed by atoms with E-state index in [9.17, 15) is 0 Å². The van der Waals surface area contributed by atoms with Crippen LogP contribution in [-0.2, 0) is 12.0 Å². The molecule has 2 N–H and O–H groups in total. The first kappa shape index (κ1) is 23.8. The van der Waals surface area contributed by atoms with Gasteiger partial charge < -0.3 is 15.1 Å². The maximum Gasteiger partial charge on any atom is 0.214 e. The number of benzene rings is 1. The number of hydrogen-bond donors (Lipinski definition) is 2. The molecule has 150 valence electrons. The zero-order valence-electron chi connectivity index (χ0n) is 16.7. The molecule has 1 aromatic carbocycles. The van der Waals surface area contributed by atoms with Gasteiger partial charge in [-0.2, -0.15) is 0 Å². The molecule has 0 aliphatic carbocycles. The van der Waals surface area contributed by atoms with Crippen LogP contribution in [0.15, 0.2) is 33.7 Å². The molecule has 7 heteroatoms. The first-order valence-electron chi connectivity index (χ1n) is 9.07. The lowest BCUT2D eigenvalue weighted by atomic mass is 9.76. The van der Waals surface area contributed by atoms with Gasteiger partial charge >= 0.3 is 0 Å². The van der Waals surface area contributed by atoms with Crippen molar-refractivity contribution in [2.75, 3.05) is 13.6 Å². The minimum Gasteiger partial charge on any atom is -0.444 e. The summed E-state index contributed by atoms with van der Waals surface area (Å²) in [4.78, 5) is 8.70. The van der Waals surface area contributed by atoms with E-state index in [1.54, 1.807) is 7.05 Å². The highest BCUT2D eigenvalue weighted by Crippen LogP contribution is 2.31. The summed E-state index contributed by atoms with van der Waals surface area (Å²) in [5.41, 5.74) is 2.23. The van der Waals surface area contributed by atoms with Crippen molar-refractivity contribution in [3.05, 3.63) is 52.2 Å². The van der Waals surface area contributed by atoms with Gasteiger partial charge in [0.05, 0.1) is 12.2 Å². The highest BCUT2D eigenvalue weighted by atomic mass is 127. The third kappa shape index (κ3) is 6.10. The number of hydrogen-bond acceptors (Lipinski definition) is 3. The van der Waals surface area contributed by atoms with Crippen LogP contribution in [0.1, 0.15) is 49.6 Å². The van der Waals surface area contributed by atoms with Crippen molar-refractivity contribution in [1.82, 2.24) is 15.6 Å². The summed E-state index contributed by atoms with van der Waals surface area (Å²) in [6.45, 7) is 9.58. The summed E-state index contributed by atoms with van der Waals surface area (Å²) in [7, 11) is 1.77. The van der Waals surface area contributed by atoms with E-state index >= 15 is 0 Å². The van der Waals surface area contributed by atoms with E-state index in [-0.39, 0.29) is 29.4 Å². The first-order chi connectivity index (χ1) is 12.4. The first-order valence-corrected chi connectivity index (χ1v) is 9.45. The smallest absolute Gasteiger partial charge is 0.214 e. The summed E-state index contributed by atoms with van der Waals surface area (Å²) >= 11 is 6.05. The van der Waals surface area contributed by atoms with Crippen LogP contribution in [0, 0.1) is 13.8 Å². The third-order valence-electron chi connectivity index (χ3n) is 5.11. The Balaban J connectivity index is 0.00000364. The van der Waals surface area contributed by atoms with Crippen LogP contribution in [0.5, 0.6) is 0 Å². The molecule has 0 atom stereocenters. The third-order valence-corrected chi connectivity index (χ3v) is 5.36. The largest absolute Gasteiger partial charge is 0.444 e. The van der Waals surface area contributed by atoms with Crippen molar-refractivity contribution in [2.45, 2.75) is 52.5 Å². The Morgan fingerprint density at radius 1 is 1.15 bits per heavy atom. The quantitative estimate of drug-likeness (QED) is 0.317. The maximum atomic E-state index is 6.05. The predicted molar refractivity (Wildman–Crippen MR) is 123 cm³/mol. The van der Waals surface area contributed by atoms with Crippen LogP contribution in [0.25, 0.3) is 0 Å². The molecule has 0 unspecified atom stereocenters. The molecular weight excluding hydrogens is 475 g/mol. The lowest BCUT2D eigenvalue weighted by molar-refractivity contribution is 0.389. The number of oxazole rings is 1. The summed E-state index contributed by atoms with van der Waals surface area (Å²) in [5.74, 6) is 2.25. The lowest BCUT2D eigenvalue weighted by Gasteiger charge is -2.33. The number of rotatable bonds is 7. The van der Waals surface area contributed by atoms with Crippen LogP contribution in [0.2, 0.25) is 5.02 Å². The van der Waals surface area contributed by atoms with Gasteiger partial charge in [0, 0.05) is 24.0 Å². The molecular formula is C20H30ClIN4O. The van der Waals surface area contributed by atoms with Gasteiger partial charge in [0.2, 0.25) is 5.89 Å². The highest BCUT2D eigenvalue weighted by Gasteiger charge is 2.28. The Labute approximate surface area is 184 Å². The molecule has 0 bridgehead atoms. The molecule has 0 amide bonds. The maximum absolute atomic E-state index is 6.05. The number of aliphatic imine (C=N–C) groups is 1. The Morgan fingerprint density at radius 2 is 1.78 bits per heavy atom. The van der Waals surface area contributed by atoms with Crippen molar-refractivity contribution >= 4 is 41.5 Å². The number of halogens is 2. The van der Waals surface area contributed by atoms with Crippen LogP contribution >= 0.6 is 35.6 Å². The van der Waals surface area contributed by atoms with Gasteiger partial charge in [-0.1, -0.05) is 37.6 Å². The van der Waals surface area contributed by atoms with E-state index in [2.05, 4.69) is 46.6 Å². The zero-order chi connectivity index (χ0) is 19.2. The van der Waals surface area contributed by atoms with E-state index in [0.717, 1.165) is 41.8 Å². The molecule has 2 aromatic rings. The van der Waals surface area contributed by atoms with Crippen LogP contribution in [0.3, 0.4) is 0 Å². The van der Waals surface area contributed by atoms with E-state index in [0.29, 0.717) is 12.4 Å². The average molecular weight is 505 g/mol. The molecule has 0 aliphatic heterocycles. The van der Waals surface area contributed by atoms with Crippen molar-refractivity contribution in [1.29, 1.82) is 0 Å². The van der Waals surface area contributed by atoms with Crippen molar-refractivity contribution < 1.29 is 4.42 Å². The Morgan fingerprint density at radius 3 is 2.26 bits per heavy atom. The monoisotopic (exact) mass is 504 g/mol. The highest BCUT2D eigenvalue weighted by molar-refractivity contribution is 14.0. The molecule has 0 saturated carbocycles. The van der Waals surface area contributed by atoms with E-state index in [1.807, 2.05) is 26.0 Å². The number of nitrogens with zero attached hydrogens (tertiary/aromatic N) is 2. The fourth-order valence-corrected chi connectivity index (χ4v) is 3.19. The fraction of sp³-hybridized carbons (Fsp3) is 0.500. The summed E-state index contributed by atoms with van der Waals surface area (Å²) in [6, 6.07) is 8.14. The predicted octanol–water partition coefficient (Wildman–Crippen LogP) is 4.99.